The van der Waals surface area contributed by atoms with Crippen LogP contribution in [0.15, 0.2) is 65.5 Å². The fourth-order valence-electron chi connectivity index (χ4n) is 5.40. The summed E-state index contributed by atoms with van der Waals surface area (Å²) in [6.07, 6.45) is 0.692. The Morgan fingerprint density at radius 3 is 2.32 bits per heavy atom. The van der Waals surface area contributed by atoms with Crippen molar-refractivity contribution in [3.8, 4) is 5.69 Å². The zero-order chi connectivity index (χ0) is 26.8. The van der Waals surface area contributed by atoms with Crippen LogP contribution in [0.4, 0.5) is 19.3 Å². The molecule has 2 aliphatic rings. The first-order chi connectivity index (χ1) is 18.2. The van der Waals surface area contributed by atoms with E-state index >= 15 is 0 Å². The molecule has 2 N–H and O–H groups in total. The molecule has 3 aromatic carbocycles. The summed E-state index contributed by atoms with van der Waals surface area (Å²) in [6, 6.07) is 14.3. The summed E-state index contributed by atoms with van der Waals surface area (Å²) in [4.78, 5) is 52.3. The number of nitrogens with one attached hydrogen (secondary N) is 2. The lowest BCUT2D eigenvalue weighted by Crippen LogP contribution is -2.48. The molecule has 38 heavy (non-hydrogen) atoms. The quantitative estimate of drug-likeness (QED) is 0.406. The maximum Gasteiger partial charge on any atom is 0.334 e. The molecule has 1 aliphatic heterocycles. The third kappa shape index (κ3) is 3.58. The monoisotopic (exact) mass is 517 g/mol. The van der Waals surface area contributed by atoms with Crippen LogP contribution in [0.5, 0.6) is 0 Å². The number of rotatable bonds is 4. The second-order valence-electron chi connectivity index (χ2n) is 9.56. The molecule has 4 aromatic rings. The average molecular weight is 517 g/mol. The summed E-state index contributed by atoms with van der Waals surface area (Å²) in [7, 11) is 1.58. The average Bonchev–Trinajstić information content (AvgIpc) is 3.45. The number of halogens is 2. The number of carbonyl (C=O) groups is 3. The topological polar surface area (TPSA) is 105 Å². The molecule has 1 unspecified atom stereocenters. The van der Waals surface area contributed by atoms with Crippen molar-refractivity contribution in [1.29, 1.82) is 0 Å². The number of nitrogens with zero attached hydrogens (tertiary/aromatic N) is 3. The van der Waals surface area contributed by atoms with Crippen LogP contribution < -0.4 is 16.3 Å². The first-order valence-electron chi connectivity index (χ1n) is 11.8. The van der Waals surface area contributed by atoms with E-state index in [-0.39, 0.29) is 18.1 Å². The Balaban J connectivity index is 1.28. The van der Waals surface area contributed by atoms with Crippen LogP contribution in [-0.4, -0.2) is 44.5 Å². The van der Waals surface area contributed by atoms with Gasteiger partial charge in [-0.15, -0.1) is 0 Å². The first-order valence-corrected chi connectivity index (χ1v) is 11.8. The zero-order valence-electron chi connectivity index (χ0n) is 20.1. The predicted molar refractivity (Wildman–Crippen MR) is 134 cm³/mol. The highest BCUT2D eigenvalue weighted by molar-refractivity contribution is 6.07. The largest absolute Gasteiger partial charge is 0.334 e. The Labute approximate surface area is 214 Å². The Hall–Kier alpha value is -4.80. The second kappa shape index (κ2) is 8.37. The van der Waals surface area contributed by atoms with Gasteiger partial charge in [0.1, 0.15) is 23.7 Å². The Bertz CT molecular complexity index is 1720. The van der Waals surface area contributed by atoms with Crippen molar-refractivity contribution < 1.29 is 23.2 Å². The van der Waals surface area contributed by atoms with Crippen LogP contribution in [0.1, 0.15) is 11.1 Å². The molecule has 0 saturated carbocycles. The van der Waals surface area contributed by atoms with Gasteiger partial charge in [-0.2, -0.15) is 0 Å². The minimum absolute atomic E-state index is 0.00908. The molecule has 1 aromatic heterocycles. The van der Waals surface area contributed by atoms with Crippen molar-refractivity contribution in [2.75, 3.05) is 12.4 Å². The van der Waals surface area contributed by atoms with Gasteiger partial charge in [0, 0.05) is 31.6 Å². The normalized spacial score (nSPS) is 18.3. The van der Waals surface area contributed by atoms with Crippen molar-refractivity contribution >= 4 is 34.6 Å². The van der Waals surface area contributed by atoms with Crippen LogP contribution in [0.2, 0.25) is 0 Å². The highest BCUT2D eigenvalue weighted by Gasteiger charge is 2.54. The van der Waals surface area contributed by atoms with E-state index in [0.29, 0.717) is 35.6 Å². The standard InChI is InChI=1S/C27H21F2N5O4/c1-32-25(37)31-24(36)27(32)12-15-6-7-19(8-16(15)13-27)30-23(35)14-33-21-4-2-3-5-22(21)34(26(33)38)20-10-17(28)9-18(29)11-20/h2-11H,12-14H2,1H3,(H,30,35)(H,31,36,37). The van der Waals surface area contributed by atoms with Crippen LogP contribution in [0.3, 0.4) is 0 Å². The molecule has 4 amide bonds. The number of imidazole rings is 1. The molecule has 2 heterocycles. The molecule has 1 saturated heterocycles. The number of amides is 4. The molecule has 1 aliphatic carbocycles. The number of hydrogen-bond donors (Lipinski definition) is 2. The van der Waals surface area contributed by atoms with Crippen LogP contribution in [-0.2, 0) is 29.0 Å². The van der Waals surface area contributed by atoms with Gasteiger partial charge < -0.3 is 10.2 Å². The number of imide groups is 1. The lowest BCUT2D eigenvalue weighted by molar-refractivity contribution is -0.125. The summed E-state index contributed by atoms with van der Waals surface area (Å²) in [5.74, 6) is -2.49. The van der Waals surface area contributed by atoms with Gasteiger partial charge in [0.25, 0.3) is 5.91 Å². The van der Waals surface area contributed by atoms with E-state index < -0.39 is 34.8 Å². The highest BCUT2D eigenvalue weighted by Crippen LogP contribution is 2.38. The number of likely N-dealkylation sites (N-methyl/N-ethyl adjacent to an activating group) is 1. The molecular formula is C27H21F2N5O4. The summed E-state index contributed by atoms with van der Waals surface area (Å²) >= 11 is 0. The van der Waals surface area contributed by atoms with Gasteiger partial charge in [0.15, 0.2) is 0 Å². The van der Waals surface area contributed by atoms with E-state index in [2.05, 4.69) is 10.6 Å². The molecular weight excluding hydrogens is 496 g/mol. The number of urea groups is 1. The fourth-order valence-corrected chi connectivity index (χ4v) is 5.40. The Kier molecular flexibility index (Phi) is 5.20. The van der Waals surface area contributed by atoms with E-state index in [4.69, 9.17) is 0 Å². The SMILES string of the molecule is CN1C(=O)NC(=O)C12Cc1ccc(NC(=O)Cn3c(=O)n(-c4cc(F)cc(F)c4)c4ccccc43)cc1C2. The molecule has 1 fully saturated rings. The van der Waals surface area contributed by atoms with E-state index in [1.165, 1.54) is 9.47 Å². The molecule has 6 rings (SSSR count). The number of para-hydroxylation sites is 2. The van der Waals surface area contributed by atoms with E-state index in [1.807, 2.05) is 0 Å². The van der Waals surface area contributed by atoms with Crippen LogP contribution in [0.25, 0.3) is 16.7 Å². The third-order valence-corrected chi connectivity index (χ3v) is 7.29. The first kappa shape index (κ1) is 23.6. The lowest BCUT2D eigenvalue weighted by Gasteiger charge is -2.27. The maximum atomic E-state index is 13.9. The number of carbonyl (C=O) groups excluding carboxylic acids is 3. The predicted octanol–water partition coefficient (Wildman–Crippen LogP) is 2.73. The van der Waals surface area contributed by atoms with Gasteiger partial charge in [-0.25, -0.2) is 18.4 Å². The fraction of sp³-hybridized carbons (Fsp3) is 0.185. The molecule has 0 radical (unpaired) electrons. The van der Waals surface area contributed by atoms with Gasteiger partial charge in [-0.3, -0.25) is 24.0 Å². The van der Waals surface area contributed by atoms with Gasteiger partial charge in [-0.1, -0.05) is 18.2 Å². The number of fused-ring (bicyclic) bond motifs is 2. The Morgan fingerprint density at radius 2 is 1.63 bits per heavy atom. The van der Waals surface area contributed by atoms with Crippen LogP contribution in [0, 0.1) is 11.6 Å². The van der Waals surface area contributed by atoms with Crippen LogP contribution >= 0.6 is 0 Å². The molecule has 192 valence electrons. The number of aromatic nitrogens is 2. The summed E-state index contributed by atoms with van der Waals surface area (Å²) in [5, 5.41) is 5.13. The van der Waals surface area contributed by atoms with Crippen molar-refractivity contribution in [3.05, 3.63) is 93.9 Å². The van der Waals surface area contributed by atoms with Gasteiger partial charge in [0.05, 0.1) is 16.7 Å². The second-order valence-corrected chi connectivity index (χ2v) is 9.56. The zero-order valence-corrected chi connectivity index (χ0v) is 20.1. The van der Waals surface area contributed by atoms with Crippen molar-refractivity contribution in [3.63, 3.8) is 0 Å². The van der Waals surface area contributed by atoms with Crippen molar-refractivity contribution in [2.45, 2.75) is 24.9 Å². The van der Waals surface area contributed by atoms with E-state index in [9.17, 15) is 28.0 Å². The van der Waals surface area contributed by atoms with E-state index in [0.717, 1.165) is 27.8 Å². The molecule has 1 atom stereocenters. The Morgan fingerprint density at radius 1 is 0.947 bits per heavy atom. The highest BCUT2D eigenvalue weighted by atomic mass is 19.1. The van der Waals surface area contributed by atoms with Gasteiger partial charge in [-0.05, 0) is 47.5 Å². The molecule has 9 nitrogen and oxygen atoms in total. The summed E-state index contributed by atoms with van der Waals surface area (Å²) in [6.45, 7) is -0.342. The van der Waals surface area contributed by atoms with Gasteiger partial charge in [0.2, 0.25) is 5.91 Å². The minimum atomic E-state index is -0.979. The smallest absolute Gasteiger partial charge is 0.325 e. The van der Waals surface area contributed by atoms with Crippen molar-refractivity contribution in [2.24, 2.45) is 0 Å². The number of anilines is 1. The number of benzene rings is 3. The number of hydrogen-bond acceptors (Lipinski definition) is 4. The third-order valence-electron chi connectivity index (χ3n) is 7.29. The lowest BCUT2D eigenvalue weighted by atomic mass is 9.95. The summed E-state index contributed by atoms with van der Waals surface area (Å²) in [5.41, 5.74) is 1.44. The van der Waals surface area contributed by atoms with Crippen molar-refractivity contribution in [1.82, 2.24) is 19.4 Å². The van der Waals surface area contributed by atoms with Gasteiger partial charge >= 0.3 is 11.7 Å². The maximum absolute atomic E-state index is 13.9. The van der Waals surface area contributed by atoms with E-state index in [1.54, 1.807) is 49.5 Å². The molecule has 11 heteroatoms. The summed E-state index contributed by atoms with van der Waals surface area (Å²) < 4.78 is 30.2. The minimum Gasteiger partial charge on any atom is -0.325 e. The molecule has 1 spiro atoms. The molecule has 0 bridgehead atoms.